The Balaban J connectivity index is 2.29. The lowest BCUT2D eigenvalue weighted by Crippen LogP contribution is -2.37. The second-order valence-electron chi connectivity index (χ2n) is 5.89. The first-order chi connectivity index (χ1) is 6.85. The van der Waals surface area contributed by atoms with Crippen molar-refractivity contribution in [1.82, 2.24) is 0 Å². The average molecular weight is 211 g/mol. The SMILES string of the molecule is CCO/N=C1/[C@@H]2[C@H]([C@H](O)C1(C)C)C2(C)C. The van der Waals surface area contributed by atoms with Gasteiger partial charge < -0.3 is 9.94 Å². The monoisotopic (exact) mass is 211 g/mol. The number of rotatable bonds is 2. The Morgan fingerprint density at radius 2 is 1.93 bits per heavy atom. The Morgan fingerprint density at radius 3 is 2.40 bits per heavy atom. The van der Waals surface area contributed by atoms with Crippen LogP contribution in [0.3, 0.4) is 0 Å². The summed E-state index contributed by atoms with van der Waals surface area (Å²) in [5, 5.41) is 14.5. The number of hydrogen-bond acceptors (Lipinski definition) is 3. The van der Waals surface area contributed by atoms with Gasteiger partial charge in [0.15, 0.2) is 0 Å². The van der Waals surface area contributed by atoms with Gasteiger partial charge in [-0.05, 0) is 12.3 Å². The molecule has 15 heavy (non-hydrogen) atoms. The lowest BCUT2D eigenvalue weighted by Gasteiger charge is -2.30. The van der Waals surface area contributed by atoms with E-state index >= 15 is 0 Å². The highest BCUT2D eigenvalue weighted by molar-refractivity contribution is 5.98. The Morgan fingerprint density at radius 1 is 1.33 bits per heavy atom. The largest absolute Gasteiger partial charge is 0.396 e. The van der Waals surface area contributed by atoms with Gasteiger partial charge in [-0.15, -0.1) is 0 Å². The molecule has 2 rings (SSSR count). The summed E-state index contributed by atoms with van der Waals surface area (Å²) in [5.41, 5.74) is 1.03. The molecule has 2 aliphatic carbocycles. The van der Waals surface area contributed by atoms with Crippen LogP contribution in [0.4, 0.5) is 0 Å². The van der Waals surface area contributed by atoms with Gasteiger partial charge in [0, 0.05) is 17.3 Å². The molecule has 0 radical (unpaired) electrons. The summed E-state index contributed by atoms with van der Waals surface area (Å²) in [7, 11) is 0. The van der Waals surface area contributed by atoms with Crippen LogP contribution in [0.25, 0.3) is 0 Å². The zero-order chi connectivity index (χ0) is 11.4. The van der Waals surface area contributed by atoms with E-state index in [1.54, 1.807) is 0 Å². The Hall–Kier alpha value is -0.570. The fourth-order valence-electron chi connectivity index (χ4n) is 3.10. The van der Waals surface area contributed by atoms with Gasteiger partial charge >= 0.3 is 0 Å². The van der Waals surface area contributed by atoms with Crippen molar-refractivity contribution in [1.29, 1.82) is 0 Å². The van der Waals surface area contributed by atoms with Crippen molar-refractivity contribution in [2.75, 3.05) is 6.61 Å². The fraction of sp³-hybridized carbons (Fsp3) is 0.917. The molecular formula is C12H21NO2. The first-order valence-electron chi connectivity index (χ1n) is 5.73. The Kier molecular flexibility index (Phi) is 2.16. The maximum absolute atomic E-state index is 10.2. The molecular weight excluding hydrogens is 190 g/mol. The third-order valence-electron chi connectivity index (χ3n) is 4.24. The first-order valence-corrected chi connectivity index (χ1v) is 5.73. The molecule has 0 aliphatic heterocycles. The number of oxime groups is 1. The molecule has 0 bridgehead atoms. The summed E-state index contributed by atoms with van der Waals surface area (Å²) >= 11 is 0. The van der Waals surface area contributed by atoms with Crippen LogP contribution >= 0.6 is 0 Å². The third kappa shape index (κ3) is 1.25. The molecule has 0 aromatic carbocycles. The fourth-order valence-corrected chi connectivity index (χ4v) is 3.10. The minimum absolute atomic E-state index is 0.199. The highest BCUT2D eigenvalue weighted by Gasteiger charge is 2.73. The maximum Gasteiger partial charge on any atom is 0.114 e. The van der Waals surface area contributed by atoms with Gasteiger partial charge in [-0.2, -0.15) is 0 Å². The predicted molar refractivity (Wildman–Crippen MR) is 59.6 cm³/mol. The van der Waals surface area contributed by atoms with Gasteiger partial charge in [0.05, 0.1) is 11.8 Å². The molecule has 86 valence electrons. The zero-order valence-corrected chi connectivity index (χ0v) is 10.2. The standard InChI is InChI=1S/C12H21NO2/c1-6-15-13-9-7-8(11(7,2)3)10(14)12(9,4)5/h7-8,10,14H,6H2,1-5H3/b13-9-/t7-,8+,10-/m0/s1. The van der Waals surface area contributed by atoms with Crippen molar-refractivity contribution in [3.8, 4) is 0 Å². The summed E-state index contributed by atoms with van der Waals surface area (Å²) in [5.74, 6) is 0.778. The second kappa shape index (κ2) is 2.97. The second-order valence-corrected chi connectivity index (χ2v) is 5.89. The van der Waals surface area contributed by atoms with Gasteiger partial charge in [0.2, 0.25) is 0 Å². The molecule has 3 heteroatoms. The van der Waals surface area contributed by atoms with Crippen LogP contribution in [-0.4, -0.2) is 23.5 Å². The summed E-state index contributed by atoms with van der Waals surface area (Å²) in [4.78, 5) is 5.17. The zero-order valence-electron chi connectivity index (χ0n) is 10.2. The van der Waals surface area contributed by atoms with E-state index in [0.29, 0.717) is 18.4 Å². The molecule has 3 nitrogen and oxygen atoms in total. The van der Waals surface area contributed by atoms with Crippen molar-refractivity contribution in [3.05, 3.63) is 0 Å². The molecule has 3 atom stereocenters. The van der Waals surface area contributed by atoms with E-state index in [9.17, 15) is 5.11 Å². The molecule has 2 saturated carbocycles. The molecule has 0 aromatic heterocycles. The van der Waals surface area contributed by atoms with Crippen molar-refractivity contribution in [2.24, 2.45) is 27.8 Å². The molecule has 1 N–H and O–H groups in total. The van der Waals surface area contributed by atoms with Gasteiger partial charge in [-0.25, -0.2) is 0 Å². The summed E-state index contributed by atoms with van der Waals surface area (Å²) in [6.45, 7) is 11.0. The van der Waals surface area contributed by atoms with Gasteiger partial charge in [-0.3, -0.25) is 0 Å². The highest BCUT2D eigenvalue weighted by Crippen LogP contribution is 2.69. The molecule has 0 unspecified atom stereocenters. The molecule has 2 aliphatic rings. The molecule has 0 heterocycles. The quantitative estimate of drug-likeness (QED) is 0.710. The van der Waals surface area contributed by atoms with E-state index in [-0.39, 0.29) is 16.9 Å². The number of aliphatic hydroxyl groups is 1. The van der Waals surface area contributed by atoms with Crippen molar-refractivity contribution in [3.63, 3.8) is 0 Å². The number of nitrogens with zero attached hydrogens (tertiary/aromatic N) is 1. The van der Waals surface area contributed by atoms with E-state index in [1.807, 2.05) is 6.92 Å². The summed E-state index contributed by atoms with van der Waals surface area (Å²) in [6, 6.07) is 0. The van der Waals surface area contributed by atoms with Crippen LogP contribution in [0.2, 0.25) is 0 Å². The normalized spacial score (nSPS) is 42.8. The lowest BCUT2D eigenvalue weighted by molar-refractivity contribution is 0.0664. The van der Waals surface area contributed by atoms with E-state index in [1.165, 1.54) is 0 Å². The molecule has 0 spiro atoms. The van der Waals surface area contributed by atoms with Gasteiger partial charge in [0.1, 0.15) is 6.61 Å². The topological polar surface area (TPSA) is 41.8 Å². The van der Waals surface area contributed by atoms with Crippen LogP contribution in [-0.2, 0) is 4.84 Å². The van der Waals surface area contributed by atoms with Crippen molar-refractivity contribution >= 4 is 5.71 Å². The molecule has 0 amide bonds. The molecule has 0 saturated heterocycles. The minimum Gasteiger partial charge on any atom is -0.396 e. The number of aliphatic hydroxyl groups excluding tert-OH is 1. The third-order valence-corrected chi connectivity index (χ3v) is 4.24. The van der Waals surface area contributed by atoms with E-state index in [2.05, 4.69) is 32.9 Å². The Labute approximate surface area is 91.5 Å². The predicted octanol–water partition coefficient (Wildman–Crippen LogP) is 2.05. The van der Waals surface area contributed by atoms with Gasteiger partial charge in [-0.1, -0.05) is 32.9 Å². The highest BCUT2D eigenvalue weighted by atomic mass is 16.6. The number of fused-ring (bicyclic) bond motifs is 1. The van der Waals surface area contributed by atoms with E-state index in [0.717, 1.165) is 5.71 Å². The Bertz CT molecular complexity index is 307. The lowest BCUT2D eigenvalue weighted by atomic mass is 9.78. The van der Waals surface area contributed by atoms with Gasteiger partial charge in [0.25, 0.3) is 0 Å². The first kappa shape index (κ1) is 10.9. The van der Waals surface area contributed by atoms with Crippen molar-refractivity contribution < 1.29 is 9.94 Å². The average Bonchev–Trinajstić information content (AvgIpc) is 2.59. The number of hydrogen-bond donors (Lipinski definition) is 1. The summed E-state index contributed by atoms with van der Waals surface area (Å²) < 4.78 is 0. The summed E-state index contributed by atoms with van der Waals surface area (Å²) in [6.07, 6.45) is -0.281. The van der Waals surface area contributed by atoms with Crippen LogP contribution in [0, 0.1) is 22.7 Å². The molecule has 0 aromatic rings. The van der Waals surface area contributed by atoms with E-state index in [4.69, 9.17) is 4.84 Å². The minimum atomic E-state index is -0.281. The smallest absolute Gasteiger partial charge is 0.114 e. The van der Waals surface area contributed by atoms with Crippen LogP contribution < -0.4 is 0 Å². The van der Waals surface area contributed by atoms with Crippen molar-refractivity contribution in [2.45, 2.75) is 40.7 Å². The molecule has 2 fully saturated rings. The van der Waals surface area contributed by atoms with E-state index < -0.39 is 0 Å². The maximum atomic E-state index is 10.2. The van der Waals surface area contributed by atoms with Crippen LogP contribution in [0.5, 0.6) is 0 Å². The van der Waals surface area contributed by atoms with Crippen LogP contribution in [0.15, 0.2) is 5.16 Å². The van der Waals surface area contributed by atoms with Crippen LogP contribution in [0.1, 0.15) is 34.6 Å².